The second-order valence-corrected chi connectivity index (χ2v) is 11.4. The van der Waals surface area contributed by atoms with E-state index in [4.69, 9.17) is 0 Å². The van der Waals surface area contributed by atoms with Crippen molar-refractivity contribution in [3.8, 4) is 33.6 Å². The van der Waals surface area contributed by atoms with Gasteiger partial charge in [-0.1, -0.05) is 127 Å². The molecule has 9 rings (SSSR count). The van der Waals surface area contributed by atoms with Crippen LogP contribution in [0.2, 0.25) is 0 Å². The van der Waals surface area contributed by atoms with Gasteiger partial charge in [0.2, 0.25) is 0 Å². The molecule has 0 saturated carbocycles. The van der Waals surface area contributed by atoms with Gasteiger partial charge >= 0.3 is 0 Å². The van der Waals surface area contributed by atoms with Gasteiger partial charge in [-0.3, -0.25) is 0 Å². The van der Waals surface area contributed by atoms with E-state index in [0.29, 0.717) is 0 Å². The van der Waals surface area contributed by atoms with Gasteiger partial charge in [0.15, 0.2) is 0 Å². The van der Waals surface area contributed by atoms with Crippen LogP contribution in [0.15, 0.2) is 170 Å². The van der Waals surface area contributed by atoms with E-state index in [9.17, 15) is 0 Å². The third kappa shape index (κ3) is 3.68. The van der Waals surface area contributed by atoms with Gasteiger partial charge in [-0.25, -0.2) is 0 Å². The summed E-state index contributed by atoms with van der Waals surface area (Å²) in [6, 6.07) is 61.4. The highest BCUT2D eigenvalue weighted by Crippen LogP contribution is 2.43. The zero-order chi connectivity index (χ0) is 29.0. The van der Waals surface area contributed by atoms with Gasteiger partial charge in [0.1, 0.15) is 0 Å². The van der Waals surface area contributed by atoms with Crippen molar-refractivity contribution in [2.75, 3.05) is 0 Å². The summed E-state index contributed by atoms with van der Waals surface area (Å²) >= 11 is 0. The molecule has 0 aliphatic carbocycles. The Kier molecular flexibility index (Phi) is 5.54. The standard InChI is InChI=1S/C42H28N2/c1-3-14-29(15-4-1)30-16-11-19-32(28-30)44-38-25-9-7-20-33(38)35-23-12-24-36(42(35)44)34-22-13-27-40-41(34)37-21-8-10-26-39(37)43(40)31-17-5-2-6-18-31/h1-28H. The average Bonchev–Trinajstić information content (AvgIpc) is 3.62. The van der Waals surface area contributed by atoms with E-state index in [-0.39, 0.29) is 0 Å². The summed E-state index contributed by atoms with van der Waals surface area (Å²) in [6.07, 6.45) is 0. The molecule has 0 saturated heterocycles. The Morgan fingerprint density at radius 3 is 1.68 bits per heavy atom. The van der Waals surface area contributed by atoms with Crippen LogP contribution in [-0.4, -0.2) is 9.13 Å². The van der Waals surface area contributed by atoms with Crippen molar-refractivity contribution in [2.24, 2.45) is 0 Å². The van der Waals surface area contributed by atoms with E-state index in [2.05, 4.69) is 179 Å². The first kappa shape index (κ1) is 24.7. The Bertz CT molecular complexity index is 2480. The van der Waals surface area contributed by atoms with Gasteiger partial charge in [0.25, 0.3) is 0 Å². The summed E-state index contributed by atoms with van der Waals surface area (Å²) in [7, 11) is 0. The van der Waals surface area contributed by atoms with Crippen molar-refractivity contribution in [1.82, 2.24) is 9.13 Å². The van der Waals surface area contributed by atoms with Crippen molar-refractivity contribution in [3.05, 3.63) is 170 Å². The first-order valence-electron chi connectivity index (χ1n) is 15.1. The maximum absolute atomic E-state index is 2.46. The van der Waals surface area contributed by atoms with Crippen LogP contribution in [0, 0.1) is 0 Å². The fraction of sp³-hybridized carbons (Fsp3) is 0. The monoisotopic (exact) mass is 560 g/mol. The Hall–Kier alpha value is -5.86. The molecule has 206 valence electrons. The van der Waals surface area contributed by atoms with Gasteiger partial charge in [-0.15, -0.1) is 0 Å². The van der Waals surface area contributed by atoms with Crippen LogP contribution in [0.25, 0.3) is 77.2 Å². The van der Waals surface area contributed by atoms with Crippen LogP contribution in [0.3, 0.4) is 0 Å². The molecule has 0 amide bonds. The van der Waals surface area contributed by atoms with Crippen LogP contribution in [-0.2, 0) is 0 Å². The van der Waals surface area contributed by atoms with Crippen LogP contribution in [0.5, 0.6) is 0 Å². The number of aromatic nitrogens is 2. The lowest BCUT2D eigenvalue weighted by atomic mass is 9.97. The third-order valence-corrected chi connectivity index (χ3v) is 8.91. The lowest BCUT2D eigenvalue weighted by Gasteiger charge is -2.14. The number of nitrogens with zero attached hydrogens (tertiary/aromatic N) is 2. The van der Waals surface area contributed by atoms with Crippen LogP contribution >= 0.6 is 0 Å². The number of para-hydroxylation sites is 4. The number of hydrogen-bond acceptors (Lipinski definition) is 0. The van der Waals surface area contributed by atoms with Crippen LogP contribution in [0.4, 0.5) is 0 Å². The van der Waals surface area contributed by atoms with Gasteiger partial charge in [0, 0.05) is 38.5 Å². The topological polar surface area (TPSA) is 9.86 Å². The Morgan fingerprint density at radius 2 is 0.864 bits per heavy atom. The number of benzene rings is 7. The predicted octanol–water partition coefficient (Wildman–Crippen LogP) is 11.2. The largest absolute Gasteiger partial charge is 0.309 e. The van der Waals surface area contributed by atoms with Crippen molar-refractivity contribution in [2.45, 2.75) is 0 Å². The molecule has 7 aromatic carbocycles. The van der Waals surface area contributed by atoms with E-state index in [0.717, 1.165) is 5.69 Å². The maximum Gasteiger partial charge on any atom is 0.0619 e. The predicted molar refractivity (Wildman–Crippen MR) is 186 cm³/mol. The minimum Gasteiger partial charge on any atom is -0.309 e. The fourth-order valence-electron chi connectivity index (χ4n) is 7.06. The molecule has 0 atom stereocenters. The number of rotatable bonds is 4. The minimum atomic E-state index is 1.16. The van der Waals surface area contributed by atoms with E-state index < -0.39 is 0 Å². The number of hydrogen-bond donors (Lipinski definition) is 0. The fourth-order valence-corrected chi connectivity index (χ4v) is 7.06. The third-order valence-electron chi connectivity index (χ3n) is 8.91. The molecule has 0 N–H and O–H groups in total. The molecule has 2 heteroatoms. The first-order chi connectivity index (χ1) is 21.9. The highest BCUT2D eigenvalue weighted by Gasteiger charge is 2.20. The van der Waals surface area contributed by atoms with Crippen LogP contribution in [0.1, 0.15) is 0 Å². The summed E-state index contributed by atoms with van der Waals surface area (Å²) in [5, 5.41) is 5.04. The molecule has 2 aromatic heterocycles. The smallest absolute Gasteiger partial charge is 0.0619 e. The van der Waals surface area contributed by atoms with Gasteiger partial charge < -0.3 is 9.13 Å². The summed E-state index contributed by atoms with van der Waals surface area (Å²) in [4.78, 5) is 0. The van der Waals surface area contributed by atoms with E-state index in [1.165, 1.54) is 71.6 Å². The Balaban J connectivity index is 1.39. The van der Waals surface area contributed by atoms with E-state index in [1.807, 2.05) is 0 Å². The lowest BCUT2D eigenvalue weighted by molar-refractivity contribution is 1.18. The zero-order valence-corrected chi connectivity index (χ0v) is 24.1. The maximum atomic E-state index is 2.46. The lowest BCUT2D eigenvalue weighted by Crippen LogP contribution is -1.96. The summed E-state index contributed by atoms with van der Waals surface area (Å²) in [6.45, 7) is 0. The van der Waals surface area contributed by atoms with Crippen molar-refractivity contribution in [3.63, 3.8) is 0 Å². The summed E-state index contributed by atoms with van der Waals surface area (Å²) in [5.41, 5.74) is 12.1. The molecule has 9 aromatic rings. The number of fused-ring (bicyclic) bond motifs is 6. The normalized spacial score (nSPS) is 11.6. The highest BCUT2D eigenvalue weighted by molar-refractivity contribution is 6.20. The highest BCUT2D eigenvalue weighted by atomic mass is 15.0. The molecular formula is C42H28N2. The second kappa shape index (κ2) is 9.86. The molecule has 2 nitrogen and oxygen atoms in total. The zero-order valence-electron chi connectivity index (χ0n) is 24.1. The molecule has 0 fully saturated rings. The molecule has 44 heavy (non-hydrogen) atoms. The quantitative estimate of drug-likeness (QED) is 0.203. The summed E-state index contributed by atoms with van der Waals surface area (Å²) in [5.74, 6) is 0. The summed E-state index contributed by atoms with van der Waals surface area (Å²) < 4.78 is 4.86. The van der Waals surface area contributed by atoms with Gasteiger partial charge in [-0.2, -0.15) is 0 Å². The van der Waals surface area contributed by atoms with Crippen LogP contribution < -0.4 is 0 Å². The molecule has 0 bridgehead atoms. The minimum absolute atomic E-state index is 1.16. The Labute approximate surface area is 255 Å². The molecule has 0 radical (unpaired) electrons. The Morgan fingerprint density at radius 1 is 0.318 bits per heavy atom. The van der Waals surface area contributed by atoms with Crippen molar-refractivity contribution < 1.29 is 0 Å². The second-order valence-electron chi connectivity index (χ2n) is 11.4. The van der Waals surface area contributed by atoms with E-state index in [1.54, 1.807) is 0 Å². The SMILES string of the molecule is c1ccc(-c2cccc(-n3c4ccccc4c4cccc(-c5cccc6c5c5ccccc5n6-c5ccccc5)c43)c2)cc1. The van der Waals surface area contributed by atoms with Crippen molar-refractivity contribution >= 4 is 43.6 Å². The van der Waals surface area contributed by atoms with Gasteiger partial charge in [-0.05, 0) is 59.2 Å². The molecule has 0 aliphatic rings. The first-order valence-corrected chi connectivity index (χ1v) is 15.1. The molecule has 0 aliphatic heterocycles. The van der Waals surface area contributed by atoms with Crippen molar-refractivity contribution in [1.29, 1.82) is 0 Å². The molecule has 0 unspecified atom stereocenters. The van der Waals surface area contributed by atoms with Gasteiger partial charge in [0.05, 0.1) is 22.1 Å². The molecular weight excluding hydrogens is 532 g/mol. The molecule has 0 spiro atoms. The molecule has 2 heterocycles. The van der Waals surface area contributed by atoms with E-state index >= 15 is 0 Å². The average molecular weight is 561 g/mol.